The highest BCUT2D eigenvalue weighted by Gasteiger charge is 2.13. The van der Waals surface area contributed by atoms with Crippen LogP contribution in [0.5, 0.6) is 0 Å². The maximum absolute atomic E-state index is 13.4. The molecule has 0 saturated heterocycles. The van der Waals surface area contributed by atoms with Crippen LogP contribution < -0.4 is 5.32 Å². The van der Waals surface area contributed by atoms with E-state index in [1.54, 1.807) is 12.1 Å². The molecule has 0 fully saturated rings. The van der Waals surface area contributed by atoms with Crippen LogP contribution in [0.15, 0.2) is 48.5 Å². The van der Waals surface area contributed by atoms with E-state index in [9.17, 15) is 4.39 Å². The minimum absolute atomic E-state index is 0.00656. The number of hydrogen-bond donors (Lipinski definition) is 1. The van der Waals surface area contributed by atoms with Crippen LogP contribution in [0.1, 0.15) is 30.5 Å². The summed E-state index contributed by atoms with van der Waals surface area (Å²) in [5.74, 6) is -0.213. The summed E-state index contributed by atoms with van der Waals surface area (Å²) < 4.78 is 13.4. The molecule has 0 bridgehead atoms. The molecule has 1 atom stereocenters. The SMILES string of the molecule is CCCNC(c1ccc(Cl)cc1)c1cccc(F)c1. The molecule has 19 heavy (non-hydrogen) atoms. The zero-order valence-electron chi connectivity index (χ0n) is 10.9. The lowest BCUT2D eigenvalue weighted by Crippen LogP contribution is -2.23. The highest BCUT2D eigenvalue weighted by Crippen LogP contribution is 2.24. The highest BCUT2D eigenvalue weighted by molar-refractivity contribution is 6.30. The summed E-state index contributed by atoms with van der Waals surface area (Å²) in [4.78, 5) is 0. The average molecular weight is 278 g/mol. The van der Waals surface area contributed by atoms with Crippen LogP contribution in [0.3, 0.4) is 0 Å². The normalized spacial score (nSPS) is 12.4. The van der Waals surface area contributed by atoms with Crippen molar-refractivity contribution in [2.75, 3.05) is 6.54 Å². The van der Waals surface area contributed by atoms with Gasteiger partial charge in [0.2, 0.25) is 0 Å². The van der Waals surface area contributed by atoms with E-state index in [1.165, 1.54) is 6.07 Å². The first-order valence-electron chi connectivity index (χ1n) is 6.45. The van der Waals surface area contributed by atoms with Crippen molar-refractivity contribution in [1.29, 1.82) is 0 Å². The molecule has 0 spiro atoms. The minimum atomic E-state index is -0.213. The van der Waals surface area contributed by atoms with Crippen LogP contribution >= 0.6 is 11.6 Å². The summed E-state index contributed by atoms with van der Waals surface area (Å²) >= 11 is 5.91. The van der Waals surface area contributed by atoms with E-state index in [4.69, 9.17) is 11.6 Å². The monoisotopic (exact) mass is 277 g/mol. The van der Waals surface area contributed by atoms with E-state index >= 15 is 0 Å². The average Bonchev–Trinajstić information content (AvgIpc) is 2.41. The molecular weight excluding hydrogens is 261 g/mol. The predicted octanol–water partition coefficient (Wildman–Crippen LogP) is 4.57. The van der Waals surface area contributed by atoms with Gasteiger partial charge in [-0.3, -0.25) is 0 Å². The first-order valence-corrected chi connectivity index (χ1v) is 6.83. The van der Waals surface area contributed by atoms with Crippen molar-refractivity contribution < 1.29 is 4.39 Å². The molecule has 0 heterocycles. The Labute approximate surface area is 118 Å². The van der Waals surface area contributed by atoms with E-state index in [0.29, 0.717) is 5.02 Å². The molecule has 2 aromatic rings. The third-order valence-corrected chi connectivity index (χ3v) is 3.24. The van der Waals surface area contributed by atoms with Crippen molar-refractivity contribution in [3.05, 3.63) is 70.5 Å². The zero-order chi connectivity index (χ0) is 13.7. The van der Waals surface area contributed by atoms with Gasteiger partial charge in [-0.1, -0.05) is 42.8 Å². The van der Waals surface area contributed by atoms with E-state index < -0.39 is 0 Å². The Morgan fingerprint density at radius 1 is 1.11 bits per heavy atom. The molecule has 0 radical (unpaired) electrons. The van der Waals surface area contributed by atoms with E-state index in [-0.39, 0.29) is 11.9 Å². The Morgan fingerprint density at radius 3 is 2.47 bits per heavy atom. The van der Waals surface area contributed by atoms with Crippen LogP contribution in [0, 0.1) is 5.82 Å². The van der Waals surface area contributed by atoms with Gasteiger partial charge in [-0.2, -0.15) is 0 Å². The molecule has 100 valence electrons. The molecule has 0 aliphatic heterocycles. The van der Waals surface area contributed by atoms with Gasteiger partial charge in [0.1, 0.15) is 5.82 Å². The fraction of sp³-hybridized carbons (Fsp3) is 0.250. The fourth-order valence-electron chi connectivity index (χ4n) is 2.06. The molecule has 0 aliphatic rings. The van der Waals surface area contributed by atoms with Gasteiger partial charge in [-0.25, -0.2) is 4.39 Å². The van der Waals surface area contributed by atoms with Crippen molar-refractivity contribution in [3.8, 4) is 0 Å². The van der Waals surface area contributed by atoms with Crippen LogP contribution in [0.2, 0.25) is 5.02 Å². The lowest BCUT2D eigenvalue weighted by atomic mass is 9.98. The molecule has 0 amide bonds. The minimum Gasteiger partial charge on any atom is -0.306 e. The second-order valence-corrected chi connectivity index (χ2v) is 4.93. The van der Waals surface area contributed by atoms with Gasteiger partial charge >= 0.3 is 0 Å². The van der Waals surface area contributed by atoms with Gasteiger partial charge in [0.05, 0.1) is 6.04 Å². The summed E-state index contributed by atoms with van der Waals surface area (Å²) in [5.41, 5.74) is 2.01. The van der Waals surface area contributed by atoms with Crippen molar-refractivity contribution in [2.45, 2.75) is 19.4 Å². The van der Waals surface area contributed by atoms with Crippen LogP contribution in [0.4, 0.5) is 4.39 Å². The Bertz CT molecular complexity index is 525. The topological polar surface area (TPSA) is 12.0 Å². The number of nitrogens with one attached hydrogen (secondary N) is 1. The van der Waals surface area contributed by atoms with Crippen molar-refractivity contribution >= 4 is 11.6 Å². The highest BCUT2D eigenvalue weighted by atomic mass is 35.5. The van der Waals surface area contributed by atoms with Gasteiger partial charge in [0.15, 0.2) is 0 Å². The molecule has 1 unspecified atom stereocenters. The lowest BCUT2D eigenvalue weighted by Gasteiger charge is -2.19. The first-order chi connectivity index (χ1) is 9.20. The predicted molar refractivity (Wildman–Crippen MR) is 78.0 cm³/mol. The molecule has 0 aliphatic carbocycles. The van der Waals surface area contributed by atoms with Gasteiger partial charge in [0, 0.05) is 5.02 Å². The number of hydrogen-bond acceptors (Lipinski definition) is 1. The van der Waals surface area contributed by atoms with Gasteiger partial charge in [0.25, 0.3) is 0 Å². The second-order valence-electron chi connectivity index (χ2n) is 4.49. The number of benzene rings is 2. The Morgan fingerprint density at radius 2 is 1.84 bits per heavy atom. The van der Waals surface area contributed by atoms with Gasteiger partial charge in [-0.15, -0.1) is 0 Å². The Kier molecular flexibility index (Phi) is 4.94. The fourth-order valence-corrected chi connectivity index (χ4v) is 2.18. The summed E-state index contributed by atoms with van der Waals surface area (Å²) in [6.07, 6.45) is 1.03. The molecule has 3 heteroatoms. The zero-order valence-corrected chi connectivity index (χ0v) is 11.6. The first kappa shape index (κ1) is 14.0. The van der Waals surface area contributed by atoms with Crippen LogP contribution in [-0.2, 0) is 0 Å². The van der Waals surface area contributed by atoms with E-state index in [1.807, 2.05) is 30.3 Å². The van der Waals surface area contributed by atoms with E-state index in [2.05, 4.69) is 12.2 Å². The van der Waals surface area contributed by atoms with Gasteiger partial charge in [-0.05, 0) is 48.4 Å². The van der Waals surface area contributed by atoms with E-state index in [0.717, 1.165) is 24.1 Å². The van der Waals surface area contributed by atoms with Crippen LogP contribution in [0.25, 0.3) is 0 Å². The Hall–Kier alpha value is -1.38. The summed E-state index contributed by atoms with van der Waals surface area (Å²) in [6, 6.07) is 14.4. The number of halogens is 2. The molecule has 1 nitrogen and oxygen atoms in total. The molecular formula is C16H17ClFN. The molecule has 1 N–H and O–H groups in total. The quantitative estimate of drug-likeness (QED) is 0.844. The third kappa shape index (κ3) is 3.79. The summed E-state index contributed by atoms with van der Waals surface area (Å²) in [6.45, 7) is 2.99. The molecule has 2 rings (SSSR count). The third-order valence-electron chi connectivity index (χ3n) is 2.98. The smallest absolute Gasteiger partial charge is 0.123 e. The maximum atomic E-state index is 13.4. The van der Waals surface area contributed by atoms with Crippen molar-refractivity contribution in [2.24, 2.45) is 0 Å². The lowest BCUT2D eigenvalue weighted by molar-refractivity contribution is 0.585. The standard InChI is InChI=1S/C16H17ClFN/c1-2-10-19-16(12-6-8-14(17)9-7-12)13-4-3-5-15(18)11-13/h3-9,11,16,19H,2,10H2,1H3. The maximum Gasteiger partial charge on any atom is 0.123 e. The summed E-state index contributed by atoms with van der Waals surface area (Å²) in [5, 5.41) is 4.14. The van der Waals surface area contributed by atoms with Gasteiger partial charge < -0.3 is 5.32 Å². The van der Waals surface area contributed by atoms with Crippen molar-refractivity contribution in [3.63, 3.8) is 0 Å². The van der Waals surface area contributed by atoms with Crippen LogP contribution in [-0.4, -0.2) is 6.54 Å². The summed E-state index contributed by atoms with van der Waals surface area (Å²) in [7, 11) is 0. The number of rotatable bonds is 5. The van der Waals surface area contributed by atoms with Crippen molar-refractivity contribution in [1.82, 2.24) is 5.32 Å². The molecule has 2 aromatic carbocycles. The largest absolute Gasteiger partial charge is 0.306 e. The molecule has 0 aromatic heterocycles. The second kappa shape index (κ2) is 6.69. The Balaban J connectivity index is 2.32. The molecule has 0 saturated carbocycles.